The van der Waals surface area contributed by atoms with Crippen LogP contribution in [0.1, 0.15) is 6.42 Å². The van der Waals surface area contributed by atoms with E-state index < -0.39 is 15.0 Å². The summed E-state index contributed by atoms with van der Waals surface area (Å²) in [6, 6.07) is 0. The van der Waals surface area contributed by atoms with Crippen molar-refractivity contribution in [3.63, 3.8) is 0 Å². The summed E-state index contributed by atoms with van der Waals surface area (Å²) >= 11 is 0. The molecule has 0 saturated carbocycles. The van der Waals surface area contributed by atoms with Crippen LogP contribution in [-0.2, 0) is 10.1 Å². The number of hydrogen-bond donors (Lipinski definition) is 2. The van der Waals surface area contributed by atoms with Gasteiger partial charge in [0, 0.05) is 6.42 Å². The molecule has 0 aromatic heterocycles. The lowest BCUT2D eigenvalue weighted by molar-refractivity contribution is 0.442. The first-order chi connectivity index (χ1) is 6.02. The predicted molar refractivity (Wildman–Crippen MR) is 46.2 cm³/mol. The van der Waals surface area contributed by atoms with Crippen LogP contribution in [0.4, 0.5) is 0 Å². The van der Waals surface area contributed by atoms with Crippen molar-refractivity contribution in [3.05, 3.63) is 24.3 Å². The van der Waals surface area contributed by atoms with E-state index in [2.05, 4.69) is 10.3 Å². The average molecular weight is 203 g/mol. The highest BCUT2D eigenvalue weighted by Crippen LogP contribution is 2.28. The van der Waals surface area contributed by atoms with Crippen molar-refractivity contribution in [2.45, 2.75) is 11.3 Å². The molecule has 0 aliphatic heterocycles. The second-order valence-corrected chi connectivity index (χ2v) is 4.18. The molecule has 0 spiro atoms. The van der Waals surface area contributed by atoms with Gasteiger partial charge in [-0.3, -0.25) is 4.55 Å². The molecule has 72 valence electrons. The van der Waals surface area contributed by atoms with Crippen molar-refractivity contribution in [1.29, 1.82) is 0 Å². The SMILES string of the molecule is NN=NC1(S(=O)(=O)O)C=CC=CC1. The second kappa shape index (κ2) is 3.27. The average Bonchev–Trinajstić information content (AvgIpc) is 2.04. The van der Waals surface area contributed by atoms with E-state index in [9.17, 15) is 8.42 Å². The summed E-state index contributed by atoms with van der Waals surface area (Å²) in [4.78, 5) is -1.74. The molecule has 0 aromatic rings. The molecule has 6 nitrogen and oxygen atoms in total. The lowest BCUT2D eigenvalue weighted by Crippen LogP contribution is -2.34. The van der Waals surface area contributed by atoms with E-state index in [4.69, 9.17) is 10.4 Å². The summed E-state index contributed by atoms with van der Waals surface area (Å²) in [5, 5.41) is 6.21. The normalized spacial score (nSPS) is 28.4. The Kier molecular flexibility index (Phi) is 2.48. The number of nitrogens with two attached hydrogens (primary N) is 1. The van der Waals surface area contributed by atoms with Gasteiger partial charge in [-0.25, -0.2) is 0 Å². The van der Waals surface area contributed by atoms with Crippen molar-refractivity contribution in [2.24, 2.45) is 16.2 Å². The molecule has 1 atom stereocenters. The highest BCUT2D eigenvalue weighted by Gasteiger charge is 2.41. The lowest BCUT2D eigenvalue weighted by Gasteiger charge is -2.20. The summed E-state index contributed by atoms with van der Waals surface area (Å²) in [6.07, 6.45) is 5.94. The van der Waals surface area contributed by atoms with Crippen LogP contribution in [0.25, 0.3) is 0 Å². The molecule has 0 bridgehead atoms. The summed E-state index contributed by atoms with van der Waals surface area (Å²) in [5.74, 6) is 4.77. The molecule has 0 aromatic carbocycles. The topological polar surface area (TPSA) is 105 Å². The minimum atomic E-state index is -4.33. The zero-order valence-corrected chi connectivity index (χ0v) is 7.48. The van der Waals surface area contributed by atoms with Crippen molar-refractivity contribution < 1.29 is 13.0 Å². The van der Waals surface area contributed by atoms with Crippen molar-refractivity contribution in [1.82, 2.24) is 0 Å². The van der Waals surface area contributed by atoms with Gasteiger partial charge >= 0.3 is 0 Å². The molecular weight excluding hydrogens is 194 g/mol. The van der Waals surface area contributed by atoms with Gasteiger partial charge in [-0.15, -0.1) is 5.11 Å². The molecule has 1 aliphatic rings. The Bertz CT molecular complexity index is 371. The van der Waals surface area contributed by atoms with Gasteiger partial charge in [-0.1, -0.05) is 23.5 Å². The first kappa shape index (κ1) is 9.87. The maximum absolute atomic E-state index is 11.0. The molecule has 0 amide bonds. The van der Waals surface area contributed by atoms with Crippen LogP contribution in [0.5, 0.6) is 0 Å². The van der Waals surface area contributed by atoms with Gasteiger partial charge in [0.05, 0.1) is 0 Å². The number of nitrogens with zero attached hydrogens (tertiary/aromatic N) is 2. The fourth-order valence-electron chi connectivity index (χ4n) is 1.00. The maximum atomic E-state index is 11.0. The van der Waals surface area contributed by atoms with Crippen molar-refractivity contribution >= 4 is 10.1 Å². The monoisotopic (exact) mass is 203 g/mol. The van der Waals surface area contributed by atoms with E-state index in [1.165, 1.54) is 12.2 Å². The standard InChI is InChI=1S/C6H9N3O3S/c7-9-8-6(13(10,11)12)4-2-1-3-5-6/h1-4H,5H2,(H2,7,8)(H,10,11,12). The summed E-state index contributed by atoms with van der Waals surface area (Å²) in [6.45, 7) is 0. The van der Waals surface area contributed by atoms with E-state index in [1.807, 2.05) is 0 Å². The Morgan fingerprint density at radius 2 is 2.15 bits per heavy atom. The molecule has 13 heavy (non-hydrogen) atoms. The van der Waals surface area contributed by atoms with Crippen LogP contribution in [0.2, 0.25) is 0 Å². The zero-order chi connectivity index (χ0) is 9.95. The fraction of sp³-hybridized carbons (Fsp3) is 0.333. The first-order valence-electron chi connectivity index (χ1n) is 3.45. The van der Waals surface area contributed by atoms with E-state index in [0.29, 0.717) is 0 Å². The van der Waals surface area contributed by atoms with Crippen LogP contribution in [0.15, 0.2) is 34.6 Å². The van der Waals surface area contributed by atoms with Crippen LogP contribution in [-0.4, -0.2) is 17.8 Å². The van der Waals surface area contributed by atoms with E-state index >= 15 is 0 Å². The third-order valence-electron chi connectivity index (χ3n) is 1.69. The predicted octanol–water partition coefficient (Wildman–Crippen LogP) is 0.413. The molecule has 1 rings (SSSR count). The van der Waals surface area contributed by atoms with Crippen LogP contribution < -0.4 is 5.84 Å². The van der Waals surface area contributed by atoms with Gasteiger partial charge in [0.2, 0.25) is 4.87 Å². The molecule has 3 N–H and O–H groups in total. The number of rotatable bonds is 2. The number of hydrogen-bond acceptors (Lipinski definition) is 4. The highest BCUT2D eigenvalue weighted by molar-refractivity contribution is 7.87. The second-order valence-electron chi connectivity index (χ2n) is 2.53. The van der Waals surface area contributed by atoms with E-state index in [0.717, 1.165) is 0 Å². The number of allylic oxidation sites excluding steroid dienone is 2. The van der Waals surface area contributed by atoms with Crippen LogP contribution >= 0.6 is 0 Å². The summed E-state index contributed by atoms with van der Waals surface area (Å²) in [7, 11) is -4.33. The van der Waals surface area contributed by atoms with Gasteiger partial charge in [0.1, 0.15) is 0 Å². The first-order valence-corrected chi connectivity index (χ1v) is 4.89. The van der Waals surface area contributed by atoms with Gasteiger partial charge < -0.3 is 5.84 Å². The molecule has 1 unspecified atom stereocenters. The van der Waals surface area contributed by atoms with E-state index in [-0.39, 0.29) is 6.42 Å². The molecule has 0 saturated heterocycles. The molecule has 0 heterocycles. The summed E-state index contributed by atoms with van der Waals surface area (Å²) in [5.41, 5.74) is 0. The Morgan fingerprint density at radius 1 is 1.46 bits per heavy atom. The van der Waals surface area contributed by atoms with Crippen molar-refractivity contribution in [3.8, 4) is 0 Å². The van der Waals surface area contributed by atoms with Crippen LogP contribution in [0.3, 0.4) is 0 Å². The van der Waals surface area contributed by atoms with E-state index in [1.54, 1.807) is 12.2 Å². The molecular formula is C6H9N3O3S. The quantitative estimate of drug-likeness (QED) is 0.293. The summed E-state index contributed by atoms with van der Waals surface area (Å²) < 4.78 is 30.8. The van der Waals surface area contributed by atoms with Crippen molar-refractivity contribution in [2.75, 3.05) is 0 Å². The minimum absolute atomic E-state index is 0.0308. The van der Waals surface area contributed by atoms with Crippen LogP contribution in [0, 0.1) is 0 Å². The molecule has 0 radical (unpaired) electrons. The third kappa shape index (κ3) is 1.76. The Hall–Kier alpha value is -1.21. The highest BCUT2D eigenvalue weighted by atomic mass is 32.2. The lowest BCUT2D eigenvalue weighted by atomic mass is 10.1. The molecule has 0 fully saturated rings. The smallest absolute Gasteiger partial charge is 0.297 e. The van der Waals surface area contributed by atoms with Gasteiger partial charge in [0.15, 0.2) is 0 Å². The largest absolute Gasteiger partial charge is 0.305 e. The maximum Gasteiger partial charge on any atom is 0.297 e. The Balaban J connectivity index is 3.18. The Morgan fingerprint density at radius 3 is 2.54 bits per heavy atom. The van der Waals surface area contributed by atoms with Gasteiger partial charge in [-0.2, -0.15) is 8.42 Å². The third-order valence-corrected chi connectivity index (χ3v) is 2.97. The van der Waals surface area contributed by atoms with Gasteiger partial charge in [0.25, 0.3) is 10.1 Å². The van der Waals surface area contributed by atoms with Gasteiger partial charge in [-0.05, 0) is 6.08 Å². The fourth-order valence-corrected chi connectivity index (χ4v) is 1.71. The zero-order valence-electron chi connectivity index (χ0n) is 6.66. The molecule has 1 aliphatic carbocycles. The Labute approximate surface area is 75.6 Å². The molecule has 7 heteroatoms. The minimum Gasteiger partial charge on any atom is -0.305 e.